The Morgan fingerprint density at radius 3 is 3.00 bits per heavy atom. The zero-order chi connectivity index (χ0) is 10.8. The van der Waals surface area contributed by atoms with Gasteiger partial charge in [-0.25, -0.2) is 8.98 Å². The molecule has 9 heteroatoms. The van der Waals surface area contributed by atoms with Crippen LogP contribution in [0.4, 0.5) is 4.79 Å². The first-order valence-corrected chi connectivity index (χ1v) is 6.07. The molecule has 2 amide bonds. The van der Waals surface area contributed by atoms with E-state index in [1.807, 2.05) is 0 Å². The highest BCUT2D eigenvalue weighted by Gasteiger charge is 2.59. The minimum Gasteiger partial charge on any atom is -0.278 e. The second kappa shape index (κ2) is 2.57. The van der Waals surface area contributed by atoms with Gasteiger partial charge in [0.25, 0.3) is 0 Å². The summed E-state index contributed by atoms with van der Waals surface area (Å²) < 4.78 is 31.7. The highest BCUT2D eigenvalue weighted by molar-refractivity contribution is 7.81. The standard InChI is InChI=1S/C6H7ClN2O5S/c7-6-2-1-4-3-8(6)5(10)9(4)14-15(11,12)13-6/h4H,1-3H2/t4-,6-/m1/s1. The van der Waals surface area contributed by atoms with E-state index in [1.165, 1.54) is 4.90 Å². The molecule has 0 N–H and O–H groups in total. The molecule has 3 rings (SSSR count). The van der Waals surface area contributed by atoms with Crippen LogP contribution >= 0.6 is 11.6 Å². The van der Waals surface area contributed by atoms with Gasteiger partial charge < -0.3 is 0 Å². The number of hydrogen-bond donors (Lipinski definition) is 0. The molecule has 0 aromatic rings. The van der Waals surface area contributed by atoms with Crippen LogP contribution in [0.5, 0.6) is 0 Å². The van der Waals surface area contributed by atoms with Crippen molar-refractivity contribution < 1.29 is 21.7 Å². The largest absolute Gasteiger partial charge is 0.424 e. The van der Waals surface area contributed by atoms with E-state index in [9.17, 15) is 13.2 Å². The summed E-state index contributed by atoms with van der Waals surface area (Å²) in [7, 11) is -4.24. The van der Waals surface area contributed by atoms with Crippen molar-refractivity contribution in [2.75, 3.05) is 6.54 Å². The van der Waals surface area contributed by atoms with Crippen molar-refractivity contribution in [3.8, 4) is 0 Å². The monoisotopic (exact) mass is 254 g/mol. The molecule has 3 heterocycles. The normalized spacial score (nSPS) is 42.2. The van der Waals surface area contributed by atoms with Crippen molar-refractivity contribution in [1.29, 1.82) is 0 Å². The molecule has 3 aliphatic rings. The number of carbonyl (C=O) groups is 1. The van der Waals surface area contributed by atoms with Gasteiger partial charge in [-0.1, -0.05) is 11.6 Å². The van der Waals surface area contributed by atoms with Crippen LogP contribution in [0.2, 0.25) is 0 Å². The Kier molecular flexibility index (Phi) is 1.65. The van der Waals surface area contributed by atoms with Crippen molar-refractivity contribution in [3.63, 3.8) is 0 Å². The topological polar surface area (TPSA) is 76.1 Å². The van der Waals surface area contributed by atoms with Crippen LogP contribution < -0.4 is 0 Å². The number of rotatable bonds is 0. The van der Waals surface area contributed by atoms with E-state index in [4.69, 9.17) is 11.6 Å². The summed E-state index contributed by atoms with van der Waals surface area (Å²) in [6.07, 6.45) is 0.825. The van der Waals surface area contributed by atoms with Crippen molar-refractivity contribution in [2.45, 2.75) is 24.1 Å². The van der Waals surface area contributed by atoms with E-state index < -0.39 is 21.6 Å². The summed E-state index contributed by atoms with van der Waals surface area (Å²) in [5.74, 6) is 0. The highest BCUT2D eigenvalue weighted by atomic mass is 35.5. The van der Waals surface area contributed by atoms with Gasteiger partial charge >= 0.3 is 16.4 Å². The number of hydroxylamine groups is 2. The van der Waals surface area contributed by atoms with Crippen LogP contribution in [-0.4, -0.2) is 42.2 Å². The number of carbonyl (C=O) groups excluding carboxylic acids is 1. The molecule has 0 aromatic carbocycles. The van der Waals surface area contributed by atoms with Gasteiger partial charge in [0.1, 0.15) is 0 Å². The first-order valence-electron chi connectivity index (χ1n) is 4.36. The Morgan fingerprint density at radius 1 is 1.53 bits per heavy atom. The summed E-state index contributed by atoms with van der Waals surface area (Å²) in [6.45, 7) is 0.331. The van der Waals surface area contributed by atoms with E-state index in [-0.39, 0.29) is 12.5 Å². The Hall–Kier alpha value is -0.570. The Bertz CT molecular complexity index is 439. The number of piperidine rings is 1. The highest BCUT2D eigenvalue weighted by Crippen LogP contribution is 2.44. The first kappa shape index (κ1) is 9.64. The lowest BCUT2D eigenvalue weighted by molar-refractivity contribution is -0.0728. The molecule has 0 spiro atoms. The quantitative estimate of drug-likeness (QED) is 0.449. The van der Waals surface area contributed by atoms with Crippen molar-refractivity contribution in [2.24, 2.45) is 0 Å². The molecule has 0 aliphatic carbocycles. The summed E-state index contributed by atoms with van der Waals surface area (Å²) in [5.41, 5.74) is 0. The van der Waals surface area contributed by atoms with Gasteiger partial charge in [-0.05, 0) is 6.42 Å². The average Bonchev–Trinajstić information content (AvgIpc) is 2.32. The maximum absolute atomic E-state index is 11.7. The van der Waals surface area contributed by atoms with Crippen LogP contribution in [0.3, 0.4) is 0 Å². The summed E-state index contributed by atoms with van der Waals surface area (Å²) in [4.78, 5) is 12.8. The summed E-state index contributed by atoms with van der Waals surface area (Å²) >= 11 is 5.97. The third-order valence-electron chi connectivity index (χ3n) is 2.73. The minimum absolute atomic E-state index is 0.261. The van der Waals surface area contributed by atoms with Crippen LogP contribution in [0.15, 0.2) is 0 Å². The van der Waals surface area contributed by atoms with Crippen molar-refractivity contribution in [3.05, 3.63) is 0 Å². The number of alkyl halides is 1. The molecule has 0 unspecified atom stereocenters. The van der Waals surface area contributed by atoms with E-state index in [0.29, 0.717) is 13.0 Å². The predicted octanol–water partition coefficient (Wildman–Crippen LogP) is -0.0144. The lowest BCUT2D eigenvalue weighted by Crippen LogP contribution is -2.51. The van der Waals surface area contributed by atoms with Crippen molar-refractivity contribution in [1.82, 2.24) is 9.96 Å². The Morgan fingerprint density at radius 2 is 2.27 bits per heavy atom. The van der Waals surface area contributed by atoms with Crippen LogP contribution in [0.1, 0.15) is 12.8 Å². The second-order valence-corrected chi connectivity index (χ2v) is 5.39. The summed E-state index contributed by atoms with van der Waals surface area (Å²) in [6, 6.07) is -0.823. The van der Waals surface area contributed by atoms with E-state index in [0.717, 1.165) is 5.06 Å². The third-order valence-corrected chi connectivity index (χ3v) is 4.12. The van der Waals surface area contributed by atoms with Gasteiger partial charge in [-0.3, -0.25) is 4.90 Å². The van der Waals surface area contributed by atoms with Gasteiger partial charge in [-0.15, -0.1) is 4.28 Å². The van der Waals surface area contributed by atoms with Gasteiger partial charge in [-0.2, -0.15) is 13.5 Å². The van der Waals surface area contributed by atoms with Gasteiger partial charge in [0.05, 0.1) is 6.04 Å². The smallest absolute Gasteiger partial charge is 0.278 e. The van der Waals surface area contributed by atoms with E-state index in [2.05, 4.69) is 8.47 Å². The minimum atomic E-state index is -4.24. The van der Waals surface area contributed by atoms with Gasteiger partial charge in [0.2, 0.25) is 5.18 Å². The lowest BCUT2D eigenvalue weighted by Gasteiger charge is -2.37. The lowest BCUT2D eigenvalue weighted by atomic mass is 10.1. The molecule has 0 saturated carbocycles. The molecule has 3 bridgehead atoms. The fourth-order valence-electron chi connectivity index (χ4n) is 2.05. The third kappa shape index (κ3) is 1.19. The van der Waals surface area contributed by atoms with Crippen molar-refractivity contribution >= 4 is 28.0 Å². The average molecular weight is 255 g/mol. The molecule has 0 aromatic heterocycles. The van der Waals surface area contributed by atoms with Crippen LogP contribution in [-0.2, 0) is 18.9 Å². The molecule has 3 saturated heterocycles. The number of urea groups is 1. The molecule has 84 valence electrons. The molecule has 0 radical (unpaired) electrons. The molecular formula is C6H7ClN2O5S. The number of halogens is 1. The second-order valence-electron chi connectivity index (χ2n) is 3.67. The Labute approximate surface area is 90.8 Å². The SMILES string of the molecule is O=C1N2OS(=O)(=O)O[C@@]3(Cl)CC[C@@H]2CN13. The van der Waals surface area contributed by atoms with E-state index in [1.54, 1.807) is 0 Å². The molecule has 7 nitrogen and oxygen atoms in total. The number of fused-ring (bicyclic) bond motifs is 3. The number of amides is 2. The van der Waals surface area contributed by atoms with Crippen LogP contribution in [0.25, 0.3) is 0 Å². The first-order chi connectivity index (χ1) is 6.91. The number of nitrogens with zero attached hydrogens (tertiary/aromatic N) is 2. The summed E-state index contributed by atoms with van der Waals surface area (Å²) in [5, 5.41) is -0.788. The fourth-order valence-corrected chi connectivity index (χ4v) is 3.44. The van der Waals surface area contributed by atoms with E-state index >= 15 is 0 Å². The molecular weight excluding hydrogens is 248 g/mol. The van der Waals surface area contributed by atoms with Gasteiger partial charge in [0, 0.05) is 13.0 Å². The molecule has 2 atom stereocenters. The van der Waals surface area contributed by atoms with Crippen LogP contribution in [0, 0.1) is 0 Å². The zero-order valence-corrected chi connectivity index (χ0v) is 8.99. The fraction of sp³-hybridized carbons (Fsp3) is 0.833. The predicted molar refractivity (Wildman–Crippen MR) is 46.6 cm³/mol. The molecule has 3 fully saturated rings. The number of hydrogen-bond acceptors (Lipinski definition) is 5. The molecule has 15 heavy (non-hydrogen) atoms. The zero-order valence-electron chi connectivity index (χ0n) is 7.42. The maximum atomic E-state index is 11.7. The molecule has 3 aliphatic heterocycles. The maximum Gasteiger partial charge on any atom is 0.424 e. The van der Waals surface area contributed by atoms with Gasteiger partial charge in [0.15, 0.2) is 0 Å². The Balaban J connectivity index is 2.15.